The predicted molar refractivity (Wildman–Crippen MR) is 64.7 cm³/mol. The lowest BCUT2D eigenvalue weighted by Crippen LogP contribution is -2.65. The Labute approximate surface area is 102 Å². The van der Waals surface area contributed by atoms with E-state index in [1.54, 1.807) is 0 Å². The summed E-state index contributed by atoms with van der Waals surface area (Å²) in [6, 6.07) is -0.368. The van der Waals surface area contributed by atoms with Gasteiger partial charge in [0.1, 0.15) is 0 Å². The molecule has 0 radical (unpaired) electrons. The summed E-state index contributed by atoms with van der Waals surface area (Å²) in [4.78, 5) is 2.09. The summed E-state index contributed by atoms with van der Waals surface area (Å²) in [6.07, 6.45) is 0.753. The molecule has 5 heteroatoms. The average molecular weight is 244 g/mol. The molecule has 2 fully saturated rings. The molecule has 17 heavy (non-hydrogen) atoms. The Morgan fingerprint density at radius 3 is 2.71 bits per heavy atom. The van der Waals surface area contributed by atoms with Crippen LogP contribution in [0.25, 0.3) is 0 Å². The van der Waals surface area contributed by atoms with Gasteiger partial charge in [0, 0.05) is 19.1 Å². The Morgan fingerprint density at radius 2 is 2.00 bits per heavy atom. The summed E-state index contributed by atoms with van der Waals surface area (Å²) in [6.45, 7) is 4.51. The third-order valence-electron chi connectivity index (χ3n) is 4.01. The number of piperidine rings is 1. The average Bonchev–Trinajstić information content (AvgIpc) is 2.67. The third-order valence-corrected chi connectivity index (χ3v) is 4.01. The Hall–Kier alpha value is -0.200. The summed E-state index contributed by atoms with van der Waals surface area (Å²) >= 11 is 0. The molecule has 0 saturated carbocycles. The van der Waals surface area contributed by atoms with Crippen LogP contribution in [0.1, 0.15) is 26.2 Å². The first-order chi connectivity index (χ1) is 8.15. The first-order valence-corrected chi connectivity index (χ1v) is 6.66. The van der Waals surface area contributed by atoms with Crippen LogP contribution in [-0.4, -0.2) is 70.2 Å². The second kappa shape index (κ2) is 5.63. The van der Waals surface area contributed by atoms with Gasteiger partial charge in [0.25, 0.3) is 0 Å². The number of nitrogens with zero attached hydrogens (tertiary/aromatic N) is 1. The number of aliphatic hydroxyl groups excluding tert-OH is 3. The highest BCUT2D eigenvalue weighted by Gasteiger charge is 2.47. The van der Waals surface area contributed by atoms with Crippen LogP contribution in [0.2, 0.25) is 0 Å². The zero-order chi connectivity index (χ0) is 12.4. The van der Waals surface area contributed by atoms with Crippen LogP contribution in [-0.2, 0) is 0 Å². The van der Waals surface area contributed by atoms with Crippen LogP contribution < -0.4 is 5.32 Å². The van der Waals surface area contributed by atoms with Gasteiger partial charge in [-0.25, -0.2) is 0 Å². The summed E-state index contributed by atoms with van der Waals surface area (Å²) in [5, 5.41) is 33.2. The highest BCUT2D eigenvalue weighted by atomic mass is 16.3. The maximum absolute atomic E-state index is 10.1. The highest BCUT2D eigenvalue weighted by molar-refractivity contribution is 5.03. The second-order valence-electron chi connectivity index (χ2n) is 5.24. The number of hydrogen-bond acceptors (Lipinski definition) is 5. The zero-order valence-electron chi connectivity index (χ0n) is 10.4. The van der Waals surface area contributed by atoms with Gasteiger partial charge in [0.15, 0.2) is 0 Å². The standard InChI is InChI=1S/C12H24N2O3/c1-2-3-5-13-8-7-14-6-4-9(15)10(14)12(17)11(8)16/h8-13,15-17H,2-7H2,1H3/t8-,9-,10+,11+,12+/m0/s1. The van der Waals surface area contributed by atoms with Gasteiger partial charge in [-0.1, -0.05) is 13.3 Å². The van der Waals surface area contributed by atoms with Crippen molar-refractivity contribution >= 4 is 0 Å². The number of nitrogens with one attached hydrogen (secondary N) is 1. The lowest BCUT2D eigenvalue weighted by molar-refractivity contribution is -0.101. The van der Waals surface area contributed by atoms with Gasteiger partial charge in [-0.2, -0.15) is 0 Å². The molecule has 0 amide bonds. The Kier molecular flexibility index (Phi) is 4.38. The maximum atomic E-state index is 10.1. The smallest absolute Gasteiger partial charge is 0.0994 e. The van der Waals surface area contributed by atoms with Crippen molar-refractivity contribution in [3.63, 3.8) is 0 Å². The minimum atomic E-state index is -0.847. The zero-order valence-corrected chi connectivity index (χ0v) is 10.4. The van der Waals surface area contributed by atoms with Gasteiger partial charge >= 0.3 is 0 Å². The van der Waals surface area contributed by atoms with Crippen molar-refractivity contribution in [2.45, 2.75) is 56.6 Å². The molecule has 0 aliphatic carbocycles. The Bertz CT molecular complexity index is 252. The summed E-state index contributed by atoms with van der Waals surface area (Å²) in [5.41, 5.74) is 0. The van der Waals surface area contributed by atoms with Gasteiger partial charge in [0.05, 0.1) is 24.4 Å². The van der Waals surface area contributed by atoms with E-state index < -0.39 is 18.3 Å². The number of aliphatic hydroxyl groups is 3. The molecule has 4 N–H and O–H groups in total. The molecule has 0 aromatic carbocycles. The number of rotatable bonds is 4. The van der Waals surface area contributed by atoms with E-state index in [-0.39, 0.29) is 12.1 Å². The van der Waals surface area contributed by atoms with Gasteiger partial charge in [-0.05, 0) is 19.4 Å². The monoisotopic (exact) mass is 244 g/mol. The second-order valence-corrected chi connectivity index (χ2v) is 5.24. The van der Waals surface area contributed by atoms with Crippen LogP contribution in [0.15, 0.2) is 0 Å². The van der Waals surface area contributed by atoms with Crippen molar-refractivity contribution in [1.82, 2.24) is 10.2 Å². The van der Waals surface area contributed by atoms with Crippen molar-refractivity contribution in [1.29, 1.82) is 0 Å². The molecule has 100 valence electrons. The predicted octanol–water partition coefficient (Wildman–Crippen LogP) is -1.08. The summed E-state index contributed by atoms with van der Waals surface area (Å²) < 4.78 is 0. The number of unbranched alkanes of at least 4 members (excludes halogenated alkanes) is 1. The van der Waals surface area contributed by atoms with Crippen LogP contribution in [0.3, 0.4) is 0 Å². The van der Waals surface area contributed by atoms with Gasteiger partial charge in [0.2, 0.25) is 0 Å². The summed E-state index contributed by atoms with van der Waals surface area (Å²) in [7, 11) is 0. The molecule has 2 rings (SSSR count). The van der Waals surface area contributed by atoms with Gasteiger partial charge < -0.3 is 20.6 Å². The van der Waals surface area contributed by atoms with E-state index in [1.807, 2.05) is 0 Å². The third kappa shape index (κ3) is 2.63. The van der Waals surface area contributed by atoms with E-state index >= 15 is 0 Å². The number of hydrogen-bond donors (Lipinski definition) is 4. The van der Waals surface area contributed by atoms with Crippen LogP contribution in [0, 0.1) is 0 Å². The van der Waals surface area contributed by atoms with E-state index in [9.17, 15) is 15.3 Å². The van der Waals surface area contributed by atoms with E-state index in [1.165, 1.54) is 0 Å². The molecular formula is C12H24N2O3. The van der Waals surface area contributed by atoms with Crippen molar-refractivity contribution in [2.75, 3.05) is 19.6 Å². The van der Waals surface area contributed by atoms with Crippen LogP contribution in [0.5, 0.6) is 0 Å². The minimum absolute atomic E-state index is 0.0851. The molecule has 2 saturated heterocycles. The molecule has 2 aliphatic rings. The fraction of sp³-hybridized carbons (Fsp3) is 1.00. The number of fused-ring (bicyclic) bond motifs is 1. The molecule has 0 aromatic rings. The maximum Gasteiger partial charge on any atom is 0.0994 e. The Balaban J connectivity index is 1.93. The van der Waals surface area contributed by atoms with Gasteiger partial charge in [-0.3, -0.25) is 4.90 Å². The van der Waals surface area contributed by atoms with Crippen LogP contribution >= 0.6 is 0 Å². The Morgan fingerprint density at radius 1 is 1.24 bits per heavy atom. The van der Waals surface area contributed by atoms with Crippen molar-refractivity contribution in [3.8, 4) is 0 Å². The van der Waals surface area contributed by atoms with E-state index in [4.69, 9.17) is 0 Å². The quantitative estimate of drug-likeness (QED) is 0.473. The van der Waals surface area contributed by atoms with E-state index in [2.05, 4.69) is 17.1 Å². The molecule has 0 spiro atoms. The van der Waals surface area contributed by atoms with Crippen molar-refractivity contribution in [2.24, 2.45) is 0 Å². The SMILES string of the molecule is CCCCN[C@H]1CN2CC[C@H](O)[C@@H]2[C@@H](O)[C@@H]1O. The first kappa shape index (κ1) is 13.2. The fourth-order valence-electron chi connectivity index (χ4n) is 2.97. The molecule has 5 nitrogen and oxygen atoms in total. The van der Waals surface area contributed by atoms with Crippen LogP contribution in [0.4, 0.5) is 0 Å². The lowest BCUT2D eigenvalue weighted by atomic mass is 9.91. The molecular weight excluding hydrogens is 220 g/mol. The molecule has 2 heterocycles. The fourth-order valence-corrected chi connectivity index (χ4v) is 2.97. The molecule has 0 unspecified atom stereocenters. The highest BCUT2D eigenvalue weighted by Crippen LogP contribution is 2.28. The minimum Gasteiger partial charge on any atom is -0.391 e. The van der Waals surface area contributed by atoms with E-state index in [0.29, 0.717) is 13.0 Å². The van der Waals surface area contributed by atoms with Crippen molar-refractivity contribution < 1.29 is 15.3 Å². The molecule has 5 atom stereocenters. The largest absolute Gasteiger partial charge is 0.391 e. The van der Waals surface area contributed by atoms with Gasteiger partial charge in [-0.15, -0.1) is 0 Å². The van der Waals surface area contributed by atoms with E-state index in [0.717, 1.165) is 25.9 Å². The first-order valence-electron chi connectivity index (χ1n) is 6.66. The molecule has 2 aliphatic heterocycles. The summed E-state index contributed by atoms with van der Waals surface area (Å²) in [5.74, 6) is 0. The van der Waals surface area contributed by atoms with Crippen molar-refractivity contribution in [3.05, 3.63) is 0 Å². The normalized spacial score (nSPS) is 42.7. The molecule has 0 bridgehead atoms. The topological polar surface area (TPSA) is 76.0 Å². The lowest BCUT2D eigenvalue weighted by Gasteiger charge is -2.43. The molecule has 0 aromatic heterocycles.